The second-order valence-electron chi connectivity index (χ2n) is 2.64. The molecule has 1 aromatic rings. The standard InChI is InChI=1S/C10H10S2/c1-2-5-9(6-3-1)10-7-4-8-11-12-10/h1-7,10H,8H2. The van der Waals surface area contributed by atoms with Crippen LogP contribution in [0.25, 0.3) is 0 Å². The minimum Gasteiger partial charge on any atom is -0.0890 e. The molecule has 0 saturated heterocycles. The van der Waals surface area contributed by atoms with Gasteiger partial charge in [-0.2, -0.15) is 0 Å². The predicted octanol–water partition coefficient (Wildman–Crippen LogP) is 3.68. The Kier molecular flexibility index (Phi) is 2.79. The first-order valence-electron chi connectivity index (χ1n) is 3.97. The van der Waals surface area contributed by atoms with Gasteiger partial charge in [-0.15, -0.1) is 0 Å². The van der Waals surface area contributed by atoms with Crippen LogP contribution in [0.4, 0.5) is 0 Å². The van der Waals surface area contributed by atoms with Crippen LogP contribution in [-0.2, 0) is 0 Å². The van der Waals surface area contributed by atoms with Gasteiger partial charge in [0.2, 0.25) is 0 Å². The fraction of sp³-hybridized carbons (Fsp3) is 0.200. The van der Waals surface area contributed by atoms with Crippen LogP contribution in [0.2, 0.25) is 0 Å². The van der Waals surface area contributed by atoms with E-state index in [0.717, 1.165) is 5.75 Å². The van der Waals surface area contributed by atoms with E-state index >= 15 is 0 Å². The Morgan fingerprint density at radius 1 is 1.17 bits per heavy atom. The van der Waals surface area contributed by atoms with Gasteiger partial charge >= 0.3 is 0 Å². The minimum atomic E-state index is 0.560. The molecule has 1 atom stereocenters. The summed E-state index contributed by atoms with van der Waals surface area (Å²) in [6.07, 6.45) is 4.54. The molecule has 1 aromatic carbocycles. The van der Waals surface area contributed by atoms with E-state index in [1.165, 1.54) is 5.56 Å². The molecule has 1 aliphatic heterocycles. The highest BCUT2D eigenvalue weighted by molar-refractivity contribution is 8.76. The van der Waals surface area contributed by atoms with E-state index in [-0.39, 0.29) is 0 Å². The second kappa shape index (κ2) is 4.06. The number of hydrogen-bond acceptors (Lipinski definition) is 2. The maximum Gasteiger partial charge on any atom is 0.0581 e. The quantitative estimate of drug-likeness (QED) is 0.494. The predicted molar refractivity (Wildman–Crippen MR) is 58.4 cm³/mol. The first-order valence-corrected chi connectivity index (χ1v) is 6.35. The molecule has 2 heteroatoms. The SMILES string of the molecule is C1=CC(c2ccccc2)SSC1. The highest BCUT2D eigenvalue weighted by Crippen LogP contribution is 2.41. The van der Waals surface area contributed by atoms with E-state index < -0.39 is 0 Å². The molecule has 0 bridgehead atoms. The van der Waals surface area contributed by atoms with Gasteiger partial charge < -0.3 is 0 Å². The van der Waals surface area contributed by atoms with Crippen molar-refractivity contribution in [2.45, 2.75) is 5.25 Å². The molecule has 0 amide bonds. The lowest BCUT2D eigenvalue weighted by Gasteiger charge is -2.14. The van der Waals surface area contributed by atoms with Gasteiger partial charge in [-0.25, -0.2) is 0 Å². The van der Waals surface area contributed by atoms with Crippen LogP contribution < -0.4 is 0 Å². The molecule has 1 heterocycles. The monoisotopic (exact) mass is 194 g/mol. The van der Waals surface area contributed by atoms with Gasteiger partial charge in [-0.1, -0.05) is 64.1 Å². The maximum atomic E-state index is 2.29. The van der Waals surface area contributed by atoms with Crippen molar-refractivity contribution in [3.8, 4) is 0 Å². The maximum absolute atomic E-state index is 2.29. The van der Waals surface area contributed by atoms with E-state index in [4.69, 9.17) is 0 Å². The molecule has 0 radical (unpaired) electrons. The van der Waals surface area contributed by atoms with Gasteiger partial charge in [0.15, 0.2) is 0 Å². The Bertz CT molecular complexity index is 266. The van der Waals surface area contributed by atoms with Crippen LogP contribution in [0.3, 0.4) is 0 Å². The molecular weight excluding hydrogens is 184 g/mol. The summed E-state index contributed by atoms with van der Waals surface area (Å²) in [7, 11) is 3.87. The molecule has 0 N–H and O–H groups in total. The van der Waals surface area contributed by atoms with Crippen molar-refractivity contribution in [2.75, 3.05) is 5.75 Å². The van der Waals surface area contributed by atoms with Crippen LogP contribution >= 0.6 is 21.6 Å². The summed E-state index contributed by atoms with van der Waals surface area (Å²) in [5.74, 6) is 1.15. The molecule has 1 unspecified atom stereocenters. The Labute approximate surface area is 80.8 Å². The van der Waals surface area contributed by atoms with Crippen molar-refractivity contribution in [1.29, 1.82) is 0 Å². The molecular formula is C10H10S2. The number of rotatable bonds is 1. The third-order valence-corrected chi connectivity index (χ3v) is 4.31. The molecule has 0 spiro atoms. The Morgan fingerprint density at radius 2 is 2.00 bits per heavy atom. The molecule has 62 valence electrons. The lowest BCUT2D eigenvalue weighted by molar-refractivity contribution is 1.23. The molecule has 0 fully saturated rings. The molecule has 1 aliphatic rings. The van der Waals surface area contributed by atoms with E-state index in [9.17, 15) is 0 Å². The summed E-state index contributed by atoms with van der Waals surface area (Å²) in [6.45, 7) is 0. The van der Waals surface area contributed by atoms with E-state index in [2.05, 4.69) is 42.5 Å². The first kappa shape index (κ1) is 8.27. The molecule has 12 heavy (non-hydrogen) atoms. The van der Waals surface area contributed by atoms with Crippen LogP contribution in [0.1, 0.15) is 10.8 Å². The van der Waals surface area contributed by atoms with Gasteiger partial charge in [-0.05, 0) is 5.56 Å². The summed E-state index contributed by atoms with van der Waals surface area (Å²) >= 11 is 0. The van der Waals surface area contributed by atoms with Gasteiger partial charge in [0.1, 0.15) is 0 Å². The van der Waals surface area contributed by atoms with Crippen LogP contribution in [0, 0.1) is 0 Å². The first-order chi connectivity index (χ1) is 5.97. The fourth-order valence-electron chi connectivity index (χ4n) is 1.17. The van der Waals surface area contributed by atoms with Gasteiger partial charge in [0.05, 0.1) is 5.25 Å². The summed E-state index contributed by atoms with van der Waals surface area (Å²) < 4.78 is 0. The summed E-state index contributed by atoms with van der Waals surface area (Å²) in [5.41, 5.74) is 1.41. The van der Waals surface area contributed by atoms with Crippen LogP contribution in [0.15, 0.2) is 42.5 Å². The zero-order valence-corrected chi connectivity index (χ0v) is 8.28. The van der Waals surface area contributed by atoms with E-state index in [1.54, 1.807) is 0 Å². The van der Waals surface area contributed by atoms with Crippen molar-refractivity contribution in [3.05, 3.63) is 48.0 Å². The van der Waals surface area contributed by atoms with Gasteiger partial charge in [0.25, 0.3) is 0 Å². The largest absolute Gasteiger partial charge is 0.0890 e. The summed E-state index contributed by atoms with van der Waals surface area (Å²) in [6, 6.07) is 10.6. The molecule has 0 nitrogen and oxygen atoms in total. The van der Waals surface area contributed by atoms with Crippen molar-refractivity contribution >= 4 is 21.6 Å². The Balaban J connectivity index is 2.19. The normalized spacial score (nSPS) is 22.5. The molecule has 0 saturated carbocycles. The number of benzene rings is 1. The lowest BCUT2D eigenvalue weighted by Crippen LogP contribution is -1.91. The van der Waals surface area contributed by atoms with Crippen molar-refractivity contribution in [2.24, 2.45) is 0 Å². The van der Waals surface area contributed by atoms with E-state index in [1.807, 2.05) is 21.6 Å². The lowest BCUT2D eigenvalue weighted by atomic mass is 10.1. The zero-order chi connectivity index (χ0) is 8.23. The molecule has 0 aromatic heterocycles. The third-order valence-electron chi connectivity index (χ3n) is 1.77. The zero-order valence-electron chi connectivity index (χ0n) is 6.64. The second-order valence-corrected chi connectivity index (χ2v) is 5.19. The number of hydrogen-bond donors (Lipinski definition) is 0. The topological polar surface area (TPSA) is 0 Å². The van der Waals surface area contributed by atoms with Crippen LogP contribution in [-0.4, -0.2) is 5.75 Å². The summed E-state index contributed by atoms with van der Waals surface area (Å²) in [5, 5.41) is 0.560. The average Bonchev–Trinajstić information content (AvgIpc) is 2.21. The van der Waals surface area contributed by atoms with Crippen molar-refractivity contribution in [3.63, 3.8) is 0 Å². The van der Waals surface area contributed by atoms with Crippen molar-refractivity contribution in [1.82, 2.24) is 0 Å². The Morgan fingerprint density at radius 3 is 2.67 bits per heavy atom. The van der Waals surface area contributed by atoms with Crippen LogP contribution in [0.5, 0.6) is 0 Å². The third kappa shape index (κ3) is 1.87. The van der Waals surface area contributed by atoms with Crippen molar-refractivity contribution < 1.29 is 0 Å². The molecule has 2 rings (SSSR count). The molecule has 0 aliphatic carbocycles. The average molecular weight is 194 g/mol. The Hall–Kier alpha value is -0.340. The van der Waals surface area contributed by atoms with E-state index in [0.29, 0.717) is 5.25 Å². The highest BCUT2D eigenvalue weighted by Gasteiger charge is 2.10. The summed E-state index contributed by atoms with van der Waals surface area (Å²) in [4.78, 5) is 0. The fourth-order valence-corrected chi connectivity index (χ4v) is 3.47. The highest BCUT2D eigenvalue weighted by atomic mass is 33.1. The minimum absolute atomic E-state index is 0.560. The van der Waals surface area contributed by atoms with Gasteiger partial charge in [0, 0.05) is 5.75 Å². The van der Waals surface area contributed by atoms with Gasteiger partial charge in [-0.3, -0.25) is 0 Å². The smallest absolute Gasteiger partial charge is 0.0581 e.